The minimum atomic E-state index is 0.559. The Labute approximate surface area is 155 Å². The zero-order valence-electron chi connectivity index (χ0n) is 14.2. The van der Waals surface area contributed by atoms with Gasteiger partial charge in [-0.2, -0.15) is 19.7 Å². The standard InChI is InChI=1S/C19H18N6S/c1-2-6-13(7-3-1)10-21-17-16-14-8-4-5-9-15(14)26-18(16)24-19(23-17)25-12-20-11-22-25/h1-3,6-7,11-12H,4-5,8-10H2,(H,21,23,24). The van der Waals surface area contributed by atoms with Crippen LogP contribution in [-0.4, -0.2) is 24.7 Å². The van der Waals surface area contributed by atoms with Crippen molar-refractivity contribution in [2.45, 2.75) is 32.2 Å². The lowest BCUT2D eigenvalue weighted by Crippen LogP contribution is -2.08. The molecular weight excluding hydrogens is 344 g/mol. The summed E-state index contributed by atoms with van der Waals surface area (Å²) in [5.41, 5.74) is 2.66. The Morgan fingerprint density at radius 2 is 1.96 bits per heavy atom. The lowest BCUT2D eigenvalue weighted by Gasteiger charge is -2.13. The van der Waals surface area contributed by atoms with E-state index in [-0.39, 0.29) is 0 Å². The predicted molar refractivity (Wildman–Crippen MR) is 103 cm³/mol. The monoisotopic (exact) mass is 362 g/mol. The molecular formula is C19H18N6S. The molecule has 0 spiro atoms. The van der Waals surface area contributed by atoms with Crippen LogP contribution in [-0.2, 0) is 19.4 Å². The van der Waals surface area contributed by atoms with Gasteiger partial charge in [0.2, 0.25) is 0 Å². The Kier molecular flexibility index (Phi) is 3.86. The maximum Gasteiger partial charge on any atom is 0.255 e. The molecule has 0 atom stereocenters. The van der Waals surface area contributed by atoms with Gasteiger partial charge in [-0.25, -0.2) is 4.98 Å². The van der Waals surface area contributed by atoms with Gasteiger partial charge >= 0.3 is 0 Å². The van der Waals surface area contributed by atoms with E-state index in [0.717, 1.165) is 30.0 Å². The van der Waals surface area contributed by atoms with Crippen molar-refractivity contribution in [1.29, 1.82) is 0 Å². The highest BCUT2D eigenvalue weighted by atomic mass is 32.1. The molecule has 1 N–H and O–H groups in total. The zero-order chi connectivity index (χ0) is 17.3. The zero-order valence-corrected chi connectivity index (χ0v) is 15.0. The number of benzene rings is 1. The van der Waals surface area contributed by atoms with Gasteiger partial charge in [0.25, 0.3) is 5.95 Å². The Morgan fingerprint density at radius 3 is 2.81 bits per heavy atom. The van der Waals surface area contributed by atoms with Crippen LogP contribution in [0, 0.1) is 0 Å². The number of rotatable bonds is 4. The quantitative estimate of drug-likeness (QED) is 0.599. The van der Waals surface area contributed by atoms with E-state index >= 15 is 0 Å². The normalized spacial score (nSPS) is 13.7. The molecule has 1 aliphatic carbocycles. The molecule has 7 heteroatoms. The van der Waals surface area contributed by atoms with Gasteiger partial charge in [-0.15, -0.1) is 11.3 Å². The SMILES string of the molecule is c1ccc(CNc2nc(-n3cncn3)nc3sc4c(c23)CCCC4)cc1. The topological polar surface area (TPSA) is 68.5 Å². The summed E-state index contributed by atoms with van der Waals surface area (Å²) in [7, 11) is 0. The molecule has 5 rings (SSSR count). The largest absolute Gasteiger partial charge is 0.365 e. The molecule has 1 aliphatic rings. The highest BCUT2D eigenvalue weighted by Crippen LogP contribution is 2.39. The van der Waals surface area contributed by atoms with E-state index in [1.807, 2.05) is 6.07 Å². The third-order valence-electron chi connectivity index (χ3n) is 4.73. The van der Waals surface area contributed by atoms with Gasteiger partial charge < -0.3 is 5.32 Å². The fraction of sp³-hybridized carbons (Fsp3) is 0.263. The van der Waals surface area contributed by atoms with Crippen LogP contribution in [0.4, 0.5) is 5.82 Å². The average molecular weight is 362 g/mol. The highest BCUT2D eigenvalue weighted by molar-refractivity contribution is 7.19. The van der Waals surface area contributed by atoms with Crippen LogP contribution in [0.2, 0.25) is 0 Å². The first-order chi connectivity index (χ1) is 12.9. The molecule has 0 unspecified atom stereocenters. The molecule has 3 aromatic heterocycles. The Hall–Kier alpha value is -2.80. The van der Waals surface area contributed by atoms with E-state index in [4.69, 9.17) is 9.97 Å². The minimum Gasteiger partial charge on any atom is -0.365 e. The molecule has 26 heavy (non-hydrogen) atoms. The van der Waals surface area contributed by atoms with Crippen LogP contribution in [0.1, 0.15) is 28.8 Å². The number of thiophene rings is 1. The van der Waals surface area contributed by atoms with Gasteiger partial charge in [-0.3, -0.25) is 0 Å². The Balaban J connectivity index is 1.62. The third kappa shape index (κ3) is 2.74. The summed E-state index contributed by atoms with van der Waals surface area (Å²) in [5, 5.41) is 8.91. The van der Waals surface area contributed by atoms with Gasteiger partial charge in [0.15, 0.2) is 0 Å². The molecule has 0 radical (unpaired) electrons. The summed E-state index contributed by atoms with van der Waals surface area (Å²) in [5.74, 6) is 1.45. The van der Waals surface area contributed by atoms with Crippen LogP contribution in [0.5, 0.6) is 0 Å². The number of anilines is 1. The second-order valence-electron chi connectivity index (χ2n) is 6.44. The molecule has 0 fully saturated rings. The molecule has 0 saturated carbocycles. The number of aromatic nitrogens is 5. The Morgan fingerprint density at radius 1 is 1.08 bits per heavy atom. The van der Waals surface area contributed by atoms with Crippen molar-refractivity contribution in [3.8, 4) is 5.95 Å². The van der Waals surface area contributed by atoms with Crippen molar-refractivity contribution in [1.82, 2.24) is 24.7 Å². The van der Waals surface area contributed by atoms with Crippen LogP contribution in [0.25, 0.3) is 16.2 Å². The van der Waals surface area contributed by atoms with Crippen molar-refractivity contribution in [2.75, 3.05) is 5.32 Å². The van der Waals surface area contributed by atoms with Crippen LogP contribution in [0.3, 0.4) is 0 Å². The molecule has 4 aromatic rings. The fourth-order valence-electron chi connectivity index (χ4n) is 3.47. The van der Waals surface area contributed by atoms with Gasteiger partial charge in [0.05, 0.1) is 5.39 Å². The molecule has 0 aliphatic heterocycles. The van der Waals surface area contributed by atoms with Crippen LogP contribution in [0.15, 0.2) is 43.0 Å². The van der Waals surface area contributed by atoms with E-state index in [0.29, 0.717) is 5.95 Å². The van der Waals surface area contributed by atoms with Gasteiger partial charge in [0, 0.05) is 11.4 Å². The maximum absolute atomic E-state index is 4.78. The highest BCUT2D eigenvalue weighted by Gasteiger charge is 2.21. The maximum atomic E-state index is 4.78. The first kappa shape index (κ1) is 15.5. The molecule has 1 aromatic carbocycles. The molecule has 6 nitrogen and oxygen atoms in total. The van der Waals surface area contributed by atoms with E-state index < -0.39 is 0 Å². The first-order valence-electron chi connectivity index (χ1n) is 8.83. The van der Waals surface area contributed by atoms with E-state index in [2.05, 4.69) is 39.7 Å². The lowest BCUT2D eigenvalue weighted by molar-refractivity contribution is 0.700. The molecule has 0 bridgehead atoms. The summed E-state index contributed by atoms with van der Waals surface area (Å²) < 4.78 is 1.62. The summed E-state index contributed by atoms with van der Waals surface area (Å²) >= 11 is 1.79. The third-order valence-corrected chi connectivity index (χ3v) is 5.92. The summed E-state index contributed by atoms with van der Waals surface area (Å²) in [4.78, 5) is 16.1. The van der Waals surface area contributed by atoms with Gasteiger partial charge in [0.1, 0.15) is 23.3 Å². The van der Waals surface area contributed by atoms with Crippen molar-refractivity contribution in [3.63, 3.8) is 0 Å². The number of hydrogen-bond acceptors (Lipinski definition) is 6. The van der Waals surface area contributed by atoms with Crippen molar-refractivity contribution in [2.24, 2.45) is 0 Å². The lowest BCUT2D eigenvalue weighted by atomic mass is 9.97. The van der Waals surface area contributed by atoms with E-state index in [9.17, 15) is 0 Å². The van der Waals surface area contributed by atoms with E-state index in [1.54, 1.807) is 22.3 Å². The second kappa shape index (κ2) is 6.49. The Bertz CT molecular complexity index is 1040. The number of nitrogens with zero attached hydrogens (tertiary/aromatic N) is 5. The van der Waals surface area contributed by atoms with Crippen LogP contribution < -0.4 is 5.32 Å². The van der Waals surface area contributed by atoms with Gasteiger partial charge in [-0.1, -0.05) is 30.3 Å². The number of aryl methyl sites for hydroxylation is 2. The summed E-state index contributed by atoms with van der Waals surface area (Å²) in [6.07, 6.45) is 7.89. The predicted octanol–water partition coefficient (Wildman–Crippen LogP) is 3.76. The summed E-state index contributed by atoms with van der Waals surface area (Å²) in [6, 6.07) is 10.4. The smallest absolute Gasteiger partial charge is 0.255 e. The number of fused-ring (bicyclic) bond motifs is 3. The molecule has 130 valence electrons. The summed E-state index contributed by atoms with van der Waals surface area (Å²) in [6.45, 7) is 0.731. The minimum absolute atomic E-state index is 0.559. The molecule has 3 heterocycles. The van der Waals surface area contributed by atoms with Crippen molar-refractivity contribution < 1.29 is 0 Å². The van der Waals surface area contributed by atoms with E-state index in [1.165, 1.54) is 40.6 Å². The van der Waals surface area contributed by atoms with Crippen molar-refractivity contribution >= 4 is 27.4 Å². The fourth-order valence-corrected chi connectivity index (χ4v) is 4.73. The van der Waals surface area contributed by atoms with Crippen molar-refractivity contribution in [3.05, 3.63) is 59.0 Å². The number of hydrogen-bond donors (Lipinski definition) is 1. The number of nitrogens with one attached hydrogen (secondary N) is 1. The molecule has 0 saturated heterocycles. The molecule has 0 amide bonds. The first-order valence-corrected chi connectivity index (χ1v) is 9.65. The van der Waals surface area contributed by atoms with Crippen LogP contribution >= 0.6 is 11.3 Å². The second-order valence-corrected chi connectivity index (χ2v) is 7.53. The average Bonchev–Trinajstić information content (AvgIpc) is 3.34. The van der Waals surface area contributed by atoms with Gasteiger partial charge in [-0.05, 0) is 36.8 Å².